The van der Waals surface area contributed by atoms with E-state index in [4.69, 9.17) is 0 Å². The number of aromatic nitrogens is 6. The predicted octanol–water partition coefficient (Wildman–Crippen LogP) is 4.13. The van der Waals surface area contributed by atoms with Gasteiger partial charge in [0, 0.05) is 59.2 Å². The largest absolute Gasteiger partial charge is 0.394 e. The summed E-state index contributed by atoms with van der Waals surface area (Å²) < 4.78 is 1.68. The zero-order chi connectivity index (χ0) is 28.1. The molecule has 2 unspecified atom stereocenters. The van der Waals surface area contributed by atoms with Crippen molar-refractivity contribution in [2.75, 3.05) is 31.8 Å². The standard InChI is InChI=1S/C29H32N8O2S/c1-4-20(22-7-8-23(29(39)30-2)21-6-5-9-31-27(21)22)25(40-3)16-32-26-13-24(34-17-35-26)18-12-19-15-36-37(10-11-38)28(19)33-14-18/h5-9,12-15,17,20,25,38H,4,10-11,16H2,1-3H3,(H,30,39)(H,32,34,35). The third-order valence-corrected chi connectivity index (χ3v) is 8.20. The van der Waals surface area contributed by atoms with Gasteiger partial charge in [-0.3, -0.25) is 9.78 Å². The summed E-state index contributed by atoms with van der Waals surface area (Å²) in [5.41, 5.74) is 4.98. The summed E-state index contributed by atoms with van der Waals surface area (Å²) in [6.45, 7) is 3.28. The van der Waals surface area contributed by atoms with E-state index in [-0.39, 0.29) is 23.7 Å². The molecule has 0 bridgehead atoms. The molecule has 1 amide bonds. The van der Waals surface area contributed by atoms with Crippen LogP contribution < -0.4 is 10.6 Å². The molecule has 0 saturated heterocycles. The minimum Gasteiger partial charge on any atom is -0.394 e. The van der Waals surface area contributed by atoms with Crippen molar-refractivity contribution in [3.05, 3.63) is 72.4 Å². The number of hydrogen-bond acceptors (Lipinski definition) is 9. The molecule has 10 nitrogen and oxygen atoms in total. The van der Waals surface area contributed by atoms with E-state index in [1.54, 1.807) is 48.4 Å². The van der Waals surface area contributed by atoms with Gasteiger partial charge in [-0.25, -0.2) is 19.6 Å². The molecule has 0 aliphatic heterocycles. The van der Waals surface area contributed by atoms with Crippen LogP contribution in [-0.2, 0) is 6.54 Å². The Morgan fingerprint density at radius 1 is 1.12 bits per heavy atom. The summed E-state index contributed by atoms with van der Waals surface area (Å²) in [6.07, 6.45) is 9.88. The maximum Gasteiger partial charge on any atom is 0.251 e. The Hall–Kier alpha value is -4.09. The number of benzene rings is 1. The molecule has 0 radical (unpaired) electrons. The number of rotatable bonds is 11. The number of aliphatic hydroxyl groups is 1. The maximum absolute atomic E-state index is 12.5. The van der Waals surface area contributed by atoms with E-state index in [2.05, 4.69) is 48.8 Å². The number of nitrogens with zero attached hydrogens (tertiary/aromatic N) is 6. The topological polar surface area (TPSA) is 131 Å². The second kappa shape index (κ2) is 12.4. The summed E-state index contributed by atoms with van der Waals surface area (Å²) in [4.78, 5) is 30.6. The second-order valence-corrected chi connectivity index (χ2v) is 10.4. The van der Waals surface area contributed by atoms with Crippen LogP contribution in [0.15, 0.2) is 61.3 Å². The lowest BCUT2D eigenvalue weighted by Crippen LogP contribution is -2.25. The zero-order valence-electron chi connectivity index (χ0n) is 22.7. The van der Waals surface area contributed by atoms with Crippen molar-refractivity contribution in [3.63, 3.8) is 0 Å². The van der Waals surface area contributed by atoms with Crippen molar-refractivity contribution in [1.29, 1.82) is 0 Å². The molecular weight excluding hydrogens is 524 g/mol. The Bertz CT molecular complexity index is 1640. The highest BCUT2D eigenvalue weighted by Gasteiger charge is 2.25. The molecule has 1 aromatic carbocycles. The predicted molar refractivity (Wildman–Crippen MR) is 160 cm³/mol. The number of hydrogen-bond donors (Lipinski definition) is 3. The minimum absolute atomic E-state index is 0.00510. The molecule has 0 aliphatic carbocycles. The third-order valence-electron chi connectivity index (χ3n) is 7.10. The average Bonchev–Trinajstić information content (AvgIpc) is 3.41. The molecule has 2 atom stereocenters. The van der Waals surface area contributed by atoms with Gasteiger partial charge in [0.2, 0.25) is 0 Å². The van der Waals surface area contributed by atoms with E-state index in [1.165, 1.54) is 0 Å². The monoisotopic (exact) mass is 556 g/mol. The normalized spacial score (nSPS) is 12.9. The molecule has 0 aliphatic rings. The fourth-order valence-corrected chi connectivity index (χ4v) is 6.00. The van der Waals surface area contributed by atoms with Crippen molar-refractivity contribution >= 4 is 45.4 Å². The van der Waals surface area contributed by atoms with Crippen LogP contribution in [0.4, 0.5) is 5.82 Å². The highest BCUT2D eigenvalue weighted by atomic mass is 32.2. The van der Waals surface area contributed by atoms with E-state index in [9.17, 15) is 9.90 Å². The van der Waals surface area contributed by atoms with Gasteiger partial charge in [-0.15, -0.1) is 0 Å². The maximum atomic E-state index is 12.5. The smallest absolute Gasteiger partial charge is 0.251 e. The molecule has 4 aromatic heterocycles. The van der Waals surface area contributed by atoms with Gasteiger partial charge in [0.1, 0.15) is 12.1 Å². The molecule has 5 aromatic rings. The van der Waals surface area contributed by atoms with E-state index in [1.807, 2.05) is 36.4 Å². The average molecular weight is 557 g/mol. The van der Waals surface area contributed by atoms with Gasteiger partial charge in [-0.1, -0.05) is 19.1 Å². The Kier molecular flexibility index (Phi) is 8.51. The van der Waals surface area contributed by atoms with Crippen molar-refractivity contribution in [2.45, 2.75) is 31.1 Å². The van der Waals surface area contributed by atoms with E-state index in [0.29, 0.717) is 18.7 Å². The first kappa shape index (κ1) is 27.5. The number of pyridine rings is 2. The first-order valence-electron chi connectivity index (χ1n) is 13.2. The van der Waals surface area contributed by atoms with Gasteiger partial charge >= 0.3 is 0 Å². The summed E-state index contributed by atoms with van der Waals surface area (Å²) in [5.74, 6) is 0.823. The lowest BCUT2D eigenvalue weighted by Gasteiger charge is -2.27. The lowest BCUT2D eigenvalue weighted by molar-refractivity contribution is 0.0964. The van der Waals surface area contributed by atoms with Gasteiger partial charge in [-0.2, -0.15) is 16.9 Å². The molecule has 5 rings (SSSR count). The zero-order valence-corrected chi connectivity index (χ0v) is 23.5. The van der Waals surface area contributed by atoms with Gasteiger partial charge in [0.15, 0.2) is 5.65 Å². The molecule has 206 valence electrons. The fraction of sp³-hybridized carbons (Fsp3) is 0.310. The molecule has 0 saturated carbocycles. The van der Waals surface area contributed by atoms with Crippen LogP contribution >= 0.6 is 11.8 Å². The first-order chi connectivity index (χ1) is 19.6. The number of carbonyl (C=O) groups is 1. The highest BCUT2D eigenvalue weighted by Crippen LogP contribution is 2.35. The van der Waals surface area contributed by atoms with Crippen LogP contribution in [0, 0.1) is 0 Å². The van der Waals surface area contributed by atoms with Crippen molar-refractivity contribution in [2.24, 2.45) is 0 Å². The quantitative estimate of drug-likeness (QED) is 0.220. The number of carbonyl (C=O) groups excluding carboxylic acids is 1. The van der Waals surface area contributed by atoms with Crippen molar-refractivity contribution in [3.8, 4) is 11.3 Å². The van der Waals surface area contributed by atoms with Crippen LogP contribution in [0.5, 0.6) is 0 Å². The van der Waals surface area contributed by atoms with Crippen LogP contribution in [0.3, 0.4) is 0 Å². The molecule has 0 spiro atoms. The highest BCUT2D eigenvalue weighted by molar-refractivity contribution is 7.99. The summed E-state index contributed by atoms with van der Waals surface area (Å²) in [7, 11) is 1.64. The molecular formula is C29H32N8O2S. The van der Waals surface area contributed by atoms with Crippen molar-refractivity contribution < 1.29 is 9.90 Å². The molecule has 11 heteroatoms. The van der Waals surface area contributed by atoms with Gasteiger partial charge < -0.3 is 15.7 Å². The van der Waals surface area contributed by atoms with E-state index >= 15 is 0 Å². The van der Waals surface area contributed by atoms with Crippen LogP contribution in [0.2, 0.25) is 0 Å². The van der Waals surface area contributed by atoms with Crippen LogP contribution in [0.1, 0.15) is 35.2 Å². The second-order valence-electron chi connectivity index (χ2n) is 9.37. The third kappa shape index (κ3) is 5.47. The Morgan fingerprint density at radius 3 is 2.77 bits per heavy atom. The number of fused-ring (bicyclic) bond motifs is 2. The Labute approximate surface area is 236 Å². The lowest BCUT2D eigenvalue weighted by atomic mass is 9.89. The number of thioether (sulfide) groups is 1. The first-order valence-corrected chi connectivity index (χ1v) is 14.5. The molecule has 4 heterocycles. The number of aliphatic hydroxyl groups excluding tert-OH is 1. The van der Waals surface area contributed by atoms with Gasteiger partial charge in [0.05, 0.1) is 30.6 Å². The Balaban J connectivity index is 1.37. The van der Waals surface area contributed by atoms with E-state index in [0.717, 1.165) is 51.0 Å². The molecule has 3 N–H and O–H groups in total. The number of nitrogens with one attached hydrogen (secondary N) is 2. The summed E-state index contributed by atoms with van der Waals surface area (Å²) in [5, 5.41) is 21.8. The Morgan fingerprint density at radius 2 is 2.00 bits per heavy atom. The minimum atomic E-state index is -0.117. The van der Waals surface area contributed by atoms with E-state index < -0.39 is 0 Å². The number of anilines is 1. The summed E-state index contributed by atoms with van der Waals surface area (Å²) >= 11 is 1.80. The fourth-order valence-electron chi connectivity index (χ4n) is 5.09. The summed E-state index contributed by atoms with van der Waals surface area (Å²) in [6, 6.07) is 11.7. The van der Waals surface area contributed by atoms with Crippen molar-refractivity contribution in [1.82, 2.24) is 35.0 Å². The molecule has 40 heavy (non-hydrogen) atoms. The van der Waals surface area contributed by atoms with Crippen LogP contribution in [-0.4, -0.2) is 72.4 Å². The number of amides is 1. The van der Waals surface area contributed by atoms with Crippen LogP contribution in [0.25, 0.3) is 33.2 Å². The SMILES string of the molecule is CCC(c1ccc(C(=O)NC)c2cccnc12)C(CNc1cc(-c2cnc3c(cnn3CCO)c2)ncn1)SC. The van der Waals surface area contributed by atoms with Gasteiger partial charge in [-0.05, 0) is 42.4 Å². The van der Waals surface area contributed by atoms with Gasteiger partial charge in [0.25, 0.3) is 5.91 Å². The molecule has 0 fully saturated rings.